The van der Waals surface area contributed by atoms with Crippen LogP contribution in [0.2, 0.25) is 0 Å². The van der Waals surface area contributed by atoms with Crippen molar-refractivity contribution in [2.75, 3.05) is 37.0 Å². The molecular weight excluding hydrogens is 529 g/mol. The van der Waals surface area contributed by atoms with Crippen molar-refractivity contribution in [1.29, 1.82) is 0 Å². The van der Waals surface area contributed by atoms with E-state index in [4.69, 9.17) is 9.73 Å². The number of rotatable bonds is 8. The summed E-state index contributed by atoms with van der Waals surface area (Å²) in [5, 5.41) is 9.83. The summed E-state index contributed by atoms with van der Waals surface area (Å²) in [7, 11) is 1.71. The van der Waals surface area contributed by atoms with Crippen LogP contribution in [-0.4, -0.2) is 44.7 Å². The fraction of sp³-hybridized carbons (Fsp3) is 0.440. The molecule has 3 rings (SSSR count). The number of halogens is 1. The first-order valence-corrected chi connectivity index (χ1v) is 11.3. The Bertz CT molecular complexity index is 917. The van der Waals surface area contributed by atoms with Gasteiger partial charge in [0.1, 0.15) is 5.75 Å². The van der Waals surface area contributed by atoms with E-state index < -0.39 is 0 Å². The highest BCUT2D eigenvalue weighted by molar-refractivity contribution is 14.0. The quantitative estimate of drug-likeness (QED) is 0.254. The minimum atomic E-state index is -0.0393. The molecule has 7 nitrogen and oxygen atoms in total. The van der Waals surface area contributed by atoms with Crippen molar-refractivity contribution in [3.05, 3.63) is 54.1 Å². The maximum Gasteiger partial charge on any atom is 0.226 e. The van der Waals surface area contributed by atoms with Crippen molar-refractivity contribution >= 4 is 47.2 Å². The third-order valence-electron chi connectivity index (χ3n) is 5.46. The van der Waals surface area contributed by atoms with Crippen LogP contribution in [0.1, 0.15) is 32.8 Å². The predicted molar refractivity (Wildman–Crippen MR) is 147 cm³/mol. The molecule has 0 saturated carbocycles. The summed E-state index contributed by atoms with van der Waals surface area (Å²) in [5.74, 6) is 1.70. The normalized spacial score (nSPS) is 15.7. The lowest BCUT2D eigenvalue weighted by Gasteiger charge is -2.22. The van der Waals surface area contributed by atoms with E-state index in [9.17, 15) is 4.79 Å². The molecule has 1 fully saturated rings. The molecule has 3 N–H and O–H groups in total. The summed E-state index contributed by atoms with van der Waals surface area (Å²) in [6.07, 6.45) is 1.03. The molecule has 180 valence electrons. The third kappa shape index (κ3) is 7.80. The van der Waals surface area contributed by atoms with Crippen molar-refractivity contribution < 1.29 is 9.53 Å². The van der Waals surface area contributed by atoms with E-state index in [2.05, 4.69) is 33.8 Å². The van der Waals surface area contributed by atoms with Crippen molar-refractivity contribution in [3.8, 4) is 5.75 Å². The van der Waals surface area contributed by atoms with E-state index in [0.717, 1.165) is 54.7 Å². The Balaban J connectivity index is 0.00000385. The monoisotopic (exact) mass is 565 g/mol. The molecule has 1 atom stereocenters. The molecule has 1 aliphatic heterocycles. The Labute approximate surface area is 214 Å². The number of guanidine groups is 1. The Hall–Kier alpha value is -2.49. The fourth-order valence-electron chi connectivity index (χ4n) is 3.65. The Kier molecular flexibility index (Phi) is 10.8. The standard InChI is InChI=1S/C25H35N5O2.HI/c1-5-26-25(27-16-19-10-12-20(13-11-19)28-24(31)18(2)3)29-21-14-15-30(17-21)22-8-6-7-9-23(22)32-4;/h6-13,18,21H,5,14-17H2,1-4H3,(H,28,31)(H2,26,27,29);1H. The van der Waals surface area contributed by atoms with Gasteiger partial charge in [-0.3, -0.25) is 4.79 Å². The van der Waals surface area contributed by atoms with Gasteiger partial charge in [-0.15, -0.1) is 24.0 Å². The van der Waals surface area contributed by atoms with Crippen LogP contribution in [0.15, 0.2) is 53.5 Å². The molecule has 1 aliphatic rings. The predicted octanol–water partition coefficient (Wildman–Crippen LogP) is 4.24. The molecule has 8 heteroatoms. The van der Waals surface area contributed by atoms with Gasteiger partial charge in [0.2, 0.25) is 5.91 Å². The van der Waals surface area contributed by atoms with Gasteiger partial charge in [0, 0.05) is 37.3 Å². The zero-order valence-corrected chi connectivity index (χ0v) is 22.3. The minimum Gasteiger partial charge on any atom is -0.495 e. The number of anilines is 2. The SMILES string of the molecule is CCNC(=NCc1ccc(NC(=O)C(C)C)cc1)NC1CCN(c2ccccc2OC)C1.I. The van der Waals surface area contributed by atoms with Crippen molar-refractivity contribution in [1.82, 2.24) is 10.6 Å². The zero-order chi connectivity index (χ0) is 22.9. The lowest BCUT2D eigenvalue weighted by atomic mass is 10.1. The lowest BCUT2D eigenvalue weighted by molar-refractivity contribution is -0.118. The number of amides is 1. The van der Waals surface area contributed by atoms with E-state index >= 15 is 0 Å². The second-order valence-corrected chi connectivity index (χ2v) is 8.28. The topological polar surface area (TPSA) is 78.0 Å². The van der Waals surface area contributed by atoms with Gasteiger partial charge in [0.15, 0.2) is 5.96 Å². The van der Waals surface area contributed by atoms with Crippen molar-refractivity contribution in [2.45, 2.75) is 39.8 Å². The molecule has 1 heterocycles. The number of carbonyl (C=O) groups is 1. The molecule has 0 spiro atoms. The van der Waals surface area contributed by atoms with Crippen LogP contribution >= 0.6 is 24.0 Å². The van der Waals surface area contributed by atoms with Crippen LogP contribution in [0.3, 0.4) is 0 Å². The van der Waals surface area contributed by atoms with Crippen molar-refractivity contribution in [2.24, 2.45) is 10.9 Å². The second-order valence-electron chi connectivity index (χ2n) is 8.28. The average molecular weight is 566 g/mol. The van der Waals surface area contributed by atoms with Crippen LogP contribution in [0.5, 0.6) is 5.75 Å². The highest BCUT2D eigenvalue weighted by atomic mass is 127. The molecule has 2 aromatic carbocycles. The summed E-state index contributed by atoms with van der Waals surface area (Å²) in [6.45, 7) is 9.07. The molecule has 1 saturated heterocycles. The van der Waals surface area contributed by atoms with Gasteiger partial charge in [0.05, 0.1) is 19.3 Å². The number of hydrogen-bond acceptors (Lipinski definition) is 4. The Morgan fingerprint density at radius 2 is 1.91 bits per heavy atom. The molecule has 1 unspecified atom stereocenters. The number of aliphatic imine (C=N–C) groups is 1. The summed E-state index contributed by atoms with van der Waals surface area (Å²) in [6, 6.07) is 16.3. The van der Waals surface area contributed by atoms with Gasteiger partial charge in [-0.2, -0.15) is 0 Å². The molecule has 2 aromatic rings. The second kappa shape index (κ2) is 13.3. The molecule has 33 heavy (non-hydrogen) atoms. The summed E-state index contributed by atoms with van der Waals surface area (Å²) in [4.78, 5) is 19.0. The van der Waals surface area contributed by atoms with Gasteiger partial charge in [-0.05, 0) is 43.2 Å². The van der Waals surface area contributed by atoms with Gasteiger partial charge < -0.3 is 25.6 Å². The Morgan fingerprint density at radius 1 is 1.18 bits per heavy atom. The maximum absolute atomic E-state index is 11.8. The molecule has 0 aromatic heterocycles. The van der Waals surface area contributed by atoms with Gasteiger partial charge >= 0.3 is 0 Å². The lowest BCUT2D eigenvalue weighted by Crippen LogP contribution is -2.44. The molecule has 0 radical (unpaired) electrons. The number of ether oxygens (including phenoxy) is 1. The van der Waals surface area contributed by atoms with E-state index in [0.29, 0.717) is 12.6 Å². The molecule has 0 bridgehead atoms. The van der Waals surface area contributed by atoms with E-state index in [1.807, 2.05) is 56.3 Å². The first-order chi connectivity index (χ1) is 15.5. The van der Waals surface area contributed by atoms with E-state index in [-0.39, 0.29) is 35.8 Å². The first-order valence-electron chi connectivity index (χ1n) is 11.3. The number of hydrogen-bond donors (Lipinski definition) is 3. The van der Waals surface area contributed by atoms with Crippen LogP contribution < -0.4 is 25.6 Å². The third-order valence-corrected chi connectivity index (χ3v) is 5.46. The highest BCUT2D eigenvalue weighted by Crippen LogP contribution is 2.30. The smallest absolute Gasteiger partial charge is 0.226 e. The number of para-hydroxylation sites is 2. The van der Waals surface area contributed by atoms with Gasteiger partial charge in [-0.1, -0.05) is 38.1 Å². The van der Waals surface area contributed by atoms with Crippen molar-refractivity contribution in [3.63, 3.8) is 0 Å². The number of nitrogens with zero attached hydrogens (tertiary/aromatic N) is 2. The largest absolute Gasteiger partial charge is 0.495 e. The van der Waals surface area contributed by atoms with E-state index in [1.54, 1.807) is 7.11 Å². The average Bonchev–Trinajstić information content (AvgIpc) is 3.26. The van der Waals surface area contributed by atoms with Crippen LogP contribution in [0.25, 0.3) is 0 Å². The van der Waals surface area contributed by atoms with Gasteiger partial charge in [0.25, 0.3) is 0 Å². The highest BCUT2D eigenvalue weighted by Gasteiger charge is 2.25. The van der Waals surface area contributed by atoms with E-state index in [1.165, 1.54) is 0 Å². The van der Waals surface area contributed by atoms with Gasteiger partial charge in [-0.25, -0.2) is 4.99 Å². The summed E-state index contributed by atoms with van der Waals surface area (Å²) < 4.78 is 5.52. The molecule has 0 aliphatic carbocycles. The number of benzene rings is 2. The first kappa shape index (κ1) is 26.8. The van der Waals surface area contributed by atoms with Crippen LogP contribution in [-0.2, 0) is 11.3 Å². The zero-order valence-electron chi connectivity index (χ0n) is 19.9. The summed E-state index contributed by atoms with van der Waals surface area (Å²) in [5.41, 5.74) is 3.03. The van der Waals surface area contributed by atoms with Crippen LogP contribution in [0, 0.1) is 5.92 Å². The minimum absolute atomic E-state index is 0. The number of carbonyl (C=O) groups excluding carboxylic acids is 1. The maximum atomic E-state index is 11.8. The summed E-state index contributed by atoms with van der Waals surface area (Å²) >= 11 is 0. The fourth-order valence-corrected chi connectivity index (χ4v) is 3.65. The molecule has 1 amide bonds. The van der Waals surface area contributed by atoms with Crippen LogP contribution in [0.4, 0.5) is 11.4 Å². The molecular formula is C25H36IN5O2. The number of methoxy groups -OCH3 is 1. The number of nitrogens with one attached hydrogen (secondary N) is 3. The Morgan fingerprint density at radius 3 is 2.58 bits per heavy atom.